The molecule has 5 rings (SSSR count). The van der Waals surface area contributed by atoms with Gasteiger partial charge in [0.15, 0.2) is 0 Å². The molecule has 0 spiro atoms. The summed E-state index contributed by atoms with van der Waals surface area (Å²) < 4.78 is 0. The first-order chi connectivity index (χ1) is 18.1. The number of rotatable bonds is 7. The highest BCUT2D eigenvalue weighted by Crippen LogP contribution is 2.32. The number of benzene rings is 4. The molecule has 184 valence electrons. The first-order valence-corrected chi connectivity index (χ1v) is 13.2. The van der Waals surface area contributed by atoms with Gasteiger partial charge < -0.3 is 10.0 Å². The van der Waals surface area contributed by atoms with Crippen LogP contribution >= 0.6 is 23.4 Å². The predicted octanol–water partition coefficient (Wildman–Crippen LogP) is 7.71. The summed E-state index contributed by atoms with van der Waals surface area (Å²) in [6.07, 6.45) is 4.24. The van der Waals surface area contributed by atoms with Crippen molar-refractivity contribution in [3.05, 3.63) is 130 Å². The third-order valence-corrected chi connectivity index (χ3v) is 7.48. The van der Waals surface area contributed by atoms with E-state index in [-0.39, 0.29) is 0 Å². The Morgan fingerprint density at radius 2 is 1.65 bits per heavy atom. The van der Waals surface area contributed by atoms with Crippen LogP contribution in [0.25, 0.3) is 6.08 Å². The second-order valence-corrected chi connectivity index (χ2v) is 10.2. The molecule has 4 aromatic rings. The van der Waals surface area contributed by atoms with Gasteiger partial charge in [0, 0.05) is 39.2 Å². The van der Waals surface area contributed by atoms with Crippen molar-refractivity contribution in [1.29, 1.82) is 0 Å². The minimum atomic E-state index is -0.912. The molecule has 0 amide bonds. The number of nitrogens with zero attached hydrogens (tertiary/aromatic N) is 2. The maximum Gasteiger partial charge on any atom is 0.335 e. The van der Waals surface area contributed by atoms with Crippen LogP contribution in [-0.2, 0) is 6.54 Å². The van der Waals surface area contributed by atoms with Gasteiger partial charge in [0.05, 0.1) is 17.8 Å². The number of hydrogen-bond donors (Lipinski definition) is 1. The zero-order chi connectivity index (χ0) is 25.6. The molecule has 0 unspecified atom stereocenters. The van der Waals surface area contributed by atoms with Crippen molar-refractivity contribution >= 4 is 46.8 Å². The van der Waals surface area contributed by atoms with Crippen LogP contribution in [0.4, 0.5) is 5.69 Å². The van der Waals surface area contributed by atoms with E-state index in [0.717, 1.165) is 49.4 Å². The van der Waals surface area contributed by atoms with E-state index in [1.54, 1.807) is 23.9 Å². The van der Waals surface area contributed by atoms with E-state index < -0.39 is 5.97 Å². The molecular weight excluding hydrogens is 500 g/mol. The van der Waals surface area contributed by atoms with Crippen molar-refractivity contribution < 1.29 is 9.90 Å². The zero-order valence-corrected chi connectivity index (χ0v) is 21.6. The summed E-state index contributed by atoms with van der Waals surface area (Å²) in [4.78, 5) is 20.7. The molecule has 0 aromatic heterocycles. The van der Waals surface area contributed by atoms with Crippen molar-refractivity contribution in [2.24, 2.45) is 4.99 Å². The van der Waals surface area contributed by atoms with Crippen molar-refractivity contribution in [3.63, 3.8) is 0 Å². The van der Waals surface area contributed by atoms with Crippen LogP contribution in [0.1, 0.15) is 27.0 Å². The molecule has 0 saturated carbocycles. The molecule has 1 N–H and O–H groups in total. The van der Waals surface area contributed by atoms with E-state index in [9.17, 15) is 9.90 Å². The number of allylic oxidation sites excluding steroid dienone is 1. The highest BCUT2D eigenvalue weighted by molar-refractivity contribution is 7.99. The topological polar surface area (TPSA) is 52.9 Å². The quantitative estimate of drug-likeness (QED) is 0.269. The Morgan fingerprint density at radius 1 is 0.919 bits per heavy atom. The molecule has 0 fully saturated rings. The summed E-state index contributed by atoms with van der Waals surface area (Å²) >= 11 is 7.76. The van der Waals surface area contributed by atoms with E-state index in [0.29, 0.717) is 18.7 Å². The standard InChI is InChI=1S/C31H25ClN2O2S/c32-25-14-16-26(17-15-25)37-30-8-4-1-5-23(30)13-18-28-27-6-2-3-7-29(27)34(20-19-33-28)21-22-9-11-24(12-10-22)31(35)36/h1-18H,19-21H2,(H,35,36)/b18-13+. The summed E-state index contributed by atoms with van der Waals surface area (Å²) in [6, 6.07) is 31.6. The number of aliphatic imine (C=N–C) groups is 1. The zero-order valence-electron chi connectivity index (χ0n) is 20.0. The lowest BCUT2D eigenvalue weighted by atomic mass is 10.0. The number of benzodiazepines with no additional fused rings is 1. The molecule has 0 saturated heterocycles. The number of carboxylic acid groups (broad SMARTS) is 1. The average molecular weight is 525 g/mol. The first kappa shape index (κ1) is 24.9. The summed E-state index contributed by atoms with van der Waals surface area (Å²) in [6.45, 7) is 2.13. The average Bonchev–Trinajstić information content (AvgIpc) is 3.09. The Morgan fingerprint density at radius 3 is 2.43 bits per heavy atom. The van der Waals surface area contributed by atoms with Crippen LogP contribution < -0.4 is 4.90 Å². The van der Waals surface area contributed by atoms with Crippen LogP contribution in [0.3, 0.4) is 0 Å². The molecule has 0 bridgehead atoms. The van der Waals surface area contributed by atoms with Crippen molar-refractivity contribution in [2.75, 3.05) is 18.0 Å². The van der Waals surface area contributed by atoms with Crippen LogP contribution in [0.15, 0.2) is 118 Å². The smallest absolute Gasteiger partial charge is 0.335 e. The summed E-state index contributed by atoms with van der Waals surface area (Å²) in [5.74, 6) is -0.912. The third kappa shape index (κ3) is 6.13. The van der Waals surface area contributed by atoms with Crippen LogP contribution in [0, 0.1) is 0 Å². The fourth-order valence-electron chi connectivity index (χ4n) is 4.25. The lowest BCUT2D eigenvalue weighted by Gasteiger charge is -2.25. The predicted molar refractivity (Wildman–Crippen MR) is 153 cm³/mol. The summed E-state index contributed by atoms with van der Waals surface area (Å²) in [7, 11) is 0. The van der Waals surface area contributed by atoms with Gasteiger partial charge >= 0.3 is 5.97 Å². The van der Waals surface area contributed by atoms with Crippen LogP contribution in [0.5, 0.6) is 0 Å². The fourth-order valence-corrected chi connectivity index (χ4v) is 5.30. The lowest BCUT2D eigenvalue weighted by molar-refractivity contribution is 0.0697. The molecule has 0 atom stereocenters. The Balaban J connectivity index is 1.38. The molecule has 0 radical (unpaired) electrons. The van der Waals surface area contributed by atoms with Gasteiger partial charge in [-0.3, -0.25) is 4.99 Å². The highest BCUT2D eigenvalue weighted by Gasteiger charge is 2.17. The van der Waals surface area contributed by atoms with Crippen LogP contribution in [0.2, 0.25) is 5.02 Å². The Labute approximate surface area is 225 Å². The second kappa shape index (κ2) is 11.5. The number of halogens is 1. The van der Waals surface area contributed by atoms with Gasteiger partial charge in [-0.25, -0.2) is 4.79 Å². The number of carbonyl (C=O) groups is 1. The van der Waals surface area contributed by atoms with Gasteiger partial charge in [0.2, 0.25) is 0 Å². The molecule has 6 heteroatoms. The van der Waals surface area contributed by atoms with Gasteiger partial charge in [-0.1, -0.05) is 78.0 Å². The van der Waals surface area contributed by atoms with Crippen LogP contribution in [-0.4, -0.2) is 29.9 Å². The van der Waals surface area contributed by atoms with Gasteiger partial charge in [-0.15, -0.1) is 0 Å². The normalized spacial score (nSPS) is 13.2. The third-order valence-electron chi connectivity index (χ3n) is 6.13. The molecule has 37 heavy (non-hydrogen) atoms. The van der Waals surface area contributed by atoms with Gasteiger partial charge in [0.1, 0.15) is 0 Å². The molecule has 4 aromatic carbocycles. The van der Waals surface area contributed by atoms with Crippen molar-refractivity contribution in [3.8, 4) is 0 Å². The number of aromatic carboxylic acids is 1. The molecule has 0 aliphatic carbocycles. The second-order valence-electron chi connectivity index (χ2n) is 8.63. The summed E-state index contributed by atoms with van der Waals surface area (Å²) in [5, 5.41) is 9.92. The van der Waals surface area contributed by atoms with Gasteiger partial charge in [0.25, 0.3) is 0 Å². The van der Waals surface area contributed by atoms with E-state index in [1.807, 2.05) is 54.6 Å². The first-order valence-electron chi connectivity index (χ1n) is 12.0. The van der Waals surface area contributed by atoms with E-state index in [4.69, 9.17) is 16.6 Å². The SMILES string of the molecule is O=C(O)c1ccc(CN2CCN=C(/C=C/c3ccccc3Sc3ccc(Cl)cc3)c3ccccc32)cc1. The largest absolute Gasteiger partial charge is 0.478 e. The molecule has 1 heterocycles. The molecule has 1 aliphatic rings. The number of anilines is 1. The van der Waals surface area contributed by atoms with E-state index >= 15 is 0 Å². The molecule has 1 aliphatic heterocycles. The maximum absolute atomic E-state index is 11.2. The number of para-hydroxylation sites is 1. The fraction of sp³-hybridized carbons (Fsp3) is 0.0968. The lowest BCUT2D eigenvalue weighted by Crippen LogP contribution is -2.25. The number of hydrogen-bond acceptors (Lipinski definition) is 4. The van der Waals surface area contributed by atoms with Gasteiger partial charge in [-0.2, -0.15) is 0 Å². The monoisotopic (exact) mass is 524 g/mol. The van der Waals surface area contributed by atoms with E-state index in [1.165, 1.54) is 0 Å². The van der Waals surface area contributed by atoms with Crippen molar-refractivity contribution in [2.45, 2.75) is 16.3 Å². The van der Waals surface area contributed by atoms with E-state index in [2.05, 4.69) is 47.4 Å². The summed E-state index contributed by atoms with van der Waals surface area (Å²) in [5.41, 5.74) is 5.64. The molecular formula is C31H25ClN2O2S. The Hall–Kier alpha value is -3.80. The number of fused-ring (bicyclic) bond motifs is 1. The highest BCUT2D eigenvalue weighted by atomic mass is 35.5. The van der Waals surface area contributed by atoms with Crippen molar-refractivity contribution in [1.82, 2.24) is 0 Å². The Kier molecular flexibility index (Phi) is 7.73. The maximum atomic E-state index is 11.2. The minimum Gasteiger partial charge on any atom is -0.478 e. The Bertz CT molecular complexity index is 1460. The van der Waals surface area contributed by atoms with Gasteiger partial charge in [-0.05, 0) is 65.7 Å². The molecule has 4 nitrogen and oxygen atoms in total. The number of carboxylic acids is 1. The minimum absolute atomic E-state index is 0.297.